The summed E-state index contributed by atoms with van der Waals surface area (Å²) >= 11 is 0. The highest BCUT2D eigenvalue weighted by Crippen LogP contribution is 2.10. The zero-order valence-electron chi connectivity index (χ0n) is 9.84. The first-order chi connectivity index (χ1) is 8.13. The SMILES string of the molecule is COC(=O)c1cnc(-n2cnc(C)c2C)cn1. The van der Waals surface area contributed by atoms with Gasteiger partial charge in [-0.1, -0.05) is 0 Å². The van der Waals surface area contributed by atoms with E-state index in [-0.39, 0.29) is 5.69 Å². The van der Waals surface area contributed by atoms with E-state index in [9.17, 15) is 4.79 Å². The Bertz CT molecular complexity index is 545. The molecule has 6 nitrogen and oxygen atoms in total. The smallest absolute Gasteiger partial charge is 0.358 e. The van der Waals surface area contributed by atoms with E-state index in [4.69, 9.17) is 0 Å². The standard InChI is InChI=1S/C11H12N4O2/c1-7-8(2)15(6-14-7)10-5-12-9(4-13-10)11(16)17-3/h4-6H,1-3H3. The van der Waals surface area contributed by atoms with Crippen LogP contribution < -0.4 is 0 Å². The molecule has 0 radical (unpaired) electrons. The molecule has 0 aliphatic heterocycles. The number of carbonyl (C=O) groups excluding carboxylic acids is 1. The van der Waals surface area contributed by atoms with Crippen LogP contribution in [0, 0.1) is 13.8 Å². The minimum absolute atomic E-state index is 0.186. The number of hydrogen-bond acceptors (Lipinski definition) is 5. The molecule has 0 saturated heterocycles. The number of aromatic nitrogens is 4. The van der Waals surface area contributed by atoms with Gasteiger partial charge in [0.15, 0.2) is 11.5 Å². The summed E-state index contributed by atoms with van der Waals surface area (Å²) < 4.78 is 6.36. The fourth-order valence-corrected chi connectivity index (χ4v) is 1.39. The van der Waals surface area contributed by atoms with Gasteiger partial charge in [-0.2, -0.15) is 0 Å². The molecular weight excluding hydrogens is 220 g/mol. The lowest BCUT2D eigenvalue weighted by Gasteiger charge is -2.04. The van der Waals surface area contributed by atoms with Crippen LogP contribution in [0.15, 0.2) is 18.7 Å². The van der Waals surface area contributed by atoms with Gasteiger partial charge in [-0.05, 0) is 13.8 Å². The van der Waals surface area contributed by atoms with Crippen molar-refractivity contribution in [3.05, 3.63) is 35.8 Å². The predicted molar refractivity (Wildman–Crippen MR) is 60.0 cm³/mol. The Balaban J connectivity index is 2.36. The van der Waals surface area contributed by atoms with Gasteiger partial charge in [0.05, 0.1) is 25.2 Å². The number of imidazole rings is 1. The highest BCUT2D eigenvalue weighted by atomic mass is 16.5. The summed E-state index contributed by atoms with van der Waals surface area (Å²) in [6.07, 6.45) is 4.57. The largest absolute Gasteiger partial charge is 0.464 e. The van der Waals surface area contributed by atoms with Gasteiger partial charge in [-0.15, -0.1) is 0 Å². The third-order valence-electron chi connectivity index (χ3n) is 2.53. The number of hydrogen-bond donors (Lipinski definition) is 0. The summed E-state index contributed by atoms with van der Waals surface area (Å²) in [5.74, 6) is 0.123. The van der Waals surface area contributed by atoms with Crippen LogP contribution in [0.1, 0.15) is 21.9 Å². The molecule has 17 heavy (non-hydrogen) atoms. The van der Waals surface area contributed by atoms with E-state index >= 15 is 0 Å². The Kier molecular flexibility index (Phi) is 2.86. The summed E-state index contributed by atoms with van der Waals surface area (Å²) in [5.41, 5.74) is 2.11. The van der Waals surface area contributed by atoms with Crippen molar-refractivity contribution in [2.24, 2.45) is 0 Å². The van der Waals surface area contributed by atoms with Crippen LogP contribution in [0.25, 0.3) is 5.82 Å². The van der Waals surface area contributed by atoms with E-state index in [0.717, 1.165) is 11.4 Å². The first-order valence-corrected chi connectivity index (χ1v) is 5.04. The van der Waals surface area contributed by atoms with Crippen LogP contribution in [0.3, 0.4) is 0 Å². The molecule has 0 N–H and O–H groups in total. The van der Waals surface area contributed by atoms with E-state index in [1.165, 1.54) is 19.5 Å². The third kappa shape index (κ3) is 2.01. The zero-order chi connectivity index (χ0) is 12.4. The Labute approximate surface area is 98.3 Å². The minimum Gasteiger partial charge on any atom is -0.464 e. The van der Waals surface area contributed by atoms with Gasteiger partial charge in [0.2, 0.25) is 0 Å². The number of carbonyl (C=O) groups is 1. The number of aryl methyl sites for hydroxylation is 1. The number of methoxy groups -OCH3 is 1. The molecule has 0 saturated carbocycles. The summed E-state index contributed by atoms with van der Waals surface area (Å²) in [4.78, 5) is 23.5. The molecule has 88 valence electrons. The molecule has 0 unspecified atom stereocenters. The summed E-state index contributed by atoms with van der Waals surface area (Å²) in [5, 5.41) is 0. The Morgan fingerprint density at radius 1 is 1.24 bits per heavy atom. The highest BCUT2D eigenvalue weighted by molar-refractivity contribution is 5.86. The fraction of sp³-hybridized carbons (Fsp3) is 0.273. The topological polar surface area (TPSA) is 69.9 Å². The molecule has 0 atom stereocenters. The van der Waals surface area contributed by atoms with Crippen molar-refractivity contribution in [3.8, 4) is 5.82 Å². The van der Waals surface area contributed by atoms with Gasteiger partial charge < -0.3 is 4.74 Å². The molecule has 2 aromatic heterocycles. The zero-order valence-corrected chi connectivity index (χ0v) is 9.84. The maximum absolute atomic E-state index is 11.2. The second-order valence-electron chi connectivity index (χ2n) is 3.54. The van der Waals surface area contributed by atoms with Crippen LogP contribution >= 0.6 is 0 Å². The van der Waals surface area contributed by atoms with Crippen LogP contribution in [-0.4, -0.2) is 32.6 Å². The number of nitrogens with zero attached hydrogens (tertiary/aromatic N) is 4. The Morgan fingerprint density at radius 3 is 2.47 bits per heavy atom. The Morgan fingerprint density at radius 2 is 2.00 bits per heavy atom. The van der Waals surface area contributed by atoms with E-state index in [0.29, 0.717) is 5.82 Å². The molecule has 0 aliphatic carbocycles. The maximum atomic E-state index is 11.2. The second kappa shape index (κ2) is 4.32. The van der Waals surface area contributed by atoms with Crippen molar-refractivity contribution in [2.75, 3.05) is 7.11 Å². The van der Waals surface area contributed by atoms with Crippen molar-refractivity contribution in [3.63, 3.8) is 0 Å². The second-order valence-corrected chi connectivity index (χ2v) is 3.54. The van der Waals surface area contributed by atoms with Gasteiger partial charge in [0, 0.05) is 5.69 Å². The quantitative estimate of drug-likeness (QED) is 0.724. The third-order valence-corrected chi connectivity index (χ3v) is 2.53. The van der Waals surface area contributed by atoms with E-state index in [1.807, 2.05) is 18.4 Å². The molecule has 2 rings (SSSR count). The molecule has 0 aliphatic rings. The molecule has 2 aromatic rings. The number of esters is 1. The van der Waals surface area contributed by atoms with Gasteiger partial charge in [0.1, 0.15) is 6.33 Å². The molecule has 0 fully saturated rings. The molecular formula is C11H12N4O2. The Hall–Kier alpha value is -2.24. The van der Waals surface area contributed by atoms with Gasteiger partial charge in [-0.25, -0.2) is 19.7 Å². The van der Waals surface area contributed by atoms with Gasteiger partial charge in [-0.3, -0.25) is 4.57 Å². The van der Waals surface area contributed by atoms with Gasteiger partial charge >= 0.3 is 5.97 Å². The first kappa shape index (κ1) is 11.3. The van der Waals surface area contributed by atoms with Crippen LogP contribution in [0.2, 0.25) is 0 Å². The van der Waals surface area contributed by atoms with E-state index in [1.54, 1.807) is 6.33 Å². The molecule has 6 heteroatoms. The van der Waals surface area contributed by atoms with Crippen LogP contribution in [0.4, 0.5) is 0 Å². The van der Waals surface area contributed by atoms with Crippen molar-refractivity contribution in [1.82, 2.24) is 19.5 Å². The average molecular weight is 232 g/mol. The maximum Gasteiger partial charge on any atom is 0.358 e. The van der Waals surface area contributed by atoms with Crippen LogP contribution in [-0.2, 0) is 4.74 Å². The summed E-state index contributed by atoms with van der Waals surface area (Å²) in [6.45, 7) is 3.86. The summed E-state index contributed by atoms with van der Waals surface area (Å²) in [7, 11) is 1.31. The van der Waals surface area contributed by atoms with Crippen molar-refractivity contribution in [1.29, 1.82) is 0 Å². The lowest BCUT2D eigenvalue weighted by molar-refractivity contribution is 0.0593. The fourth-order valence-electron chi connectivity index (χ4n) is 1.39. The molecule has 0 spiro atoms. The van der Waals surface area contributed by atoms with Gasteiger partial charge in [0.25, 0.3) is 0 Å². The van der Waals surface area contributed by atoms with E-state index < -0.39 is 5.97 Å². The minimum atomic E-state index is -0.498. The number of rotatable bonds is 2. The summed E-state index contributed by atoms with van der Waals surface area (Å²) in [6, 6.07) is 0. The number of ether oxygens (including phenoxy) is 1. The molecule has 0 aromatic carbocycles. The lowest BCUT2D eigenvalue weighted by Crippen LogP contribution is -2.07. The van der Waals surface area contributed by atoms with E-state index in [2.05, 4.69) is 19.7 Å². The monoisotopic (exact) mass is 232 g/mol. The predicted octanol–water partition coefficient (Wildman–Crippen LogP) is 1.07. The lowest BCUT2D eigenvalue weighted by atomic mass is 10.4. The molecule has 2 heterocycles. The molecule has 0 bridgehead atoms. The molecule has 0 amide bonds. The van der Waals surface area contributed by atoms with Crippen molar-refractivity contribution in [2.45, 2.75) is 13.8 Å². The average Bonchev–Trinajstić information content (AvgIpc) is 2.69. The highest BCUT2D eigenvalue weighted by Gasteiger charge is 2.09. The van der Waals surface area contributed by atoms with Crippen molar-refractivity contribution < 1.29 is 9.53 Å². The normalized spacial score (nSPS) is 10.3. The first-order valence-electron chi connectivity index (χ1n) is 5.04. The van der Waals surface area contributed by atoms with Crippen molar-refractivity contribution >= 4 is 5.97 Å². The van der Waals surface area contributed by atoms with Crippen LogP contribution in [0.5, 0.6) is 0 Å².